The van der Waals surface area contributed by atoms with E-state index in [4.69, 9.17) is 4.74 Å². The number of benzene rings is 1. The van der Waals surface area contributed by atoms with Crippen molar-refractivity contribution in [3.8, 4) is 5.75 Å². The maximum absolute atomic E-state index is 11.2. The summed E-state index contributed by atoms with van der Waals surface area (Å²) < 4.78 is 5.75. The average Bonchev–Trinajstić information content (AvgIpc) is 2.18. The first-order valence-electron chi connectivity index (χ1n) is 5.25. The molecule has 0 radical (unpaired) electrons. The Bertz CT molecular complexity index is 366. The molecule has 3 heteroatoms. The van der Waals surface area contributed by atoms with Crippen LogP contribution in [0.3, 0.4) is 0 Å². The van der Waals surface area contributed by atoms with Crippen LogP contribution in [0.4, 0.5) is 0 Å². The second kappa shape index (κ2) is 4.16. The minimum atomic E-state index is -0.956. The fourth-order valence-electron chi connectivity index (χ4n) is 1.17. The number of aliphatic carboxylic acids is 1. The predicted molar refractivity (Wildman–Crippen MR) is 62.6 cm³/mol. The van der Waals surface area contributed by atoms with E-state index < -0.39 is 17.0 Å². The molecular weight excluding hydrogens is 204 g/mol. The van der Waals surface area contributed by atoms with Crippen molar-refractivity contribution in [3.05, 3.63) is 30.3 Å². The highest BCUT2D eigenvalue weighted by molar-refractivity contribution is 5.75. The molecule has 0 aromatic heterocycles. The largest absolute Gasteiger partial charge is 0.487 e. The molecule has 0 heterocycles. The maximum Gasteiger partial charge on any atom is 0.313 e. The quantitative estimate of drug-likeness (QED) is 0.852. The number of ether oxygens (including phenoxy) is 1. The normalized spacial score (nSPS) is 12.2. The number of carboxylic acids is 1. The molecule has 0 unspecified atom stereocenters. The molecule has 0 aliphatic carbocycles. The smallest absolute Gasteiger partial charge is 0.313 e. The number of carbonyl (C=O) groups is 1. The number of hydrogen-bond donors (Lipinski definition) is 1. The van der Waals surface area contributed by atoms with E-state index in [9.17, 15) is 9.90 Å². The van der Waals surface area contributed by atoms with Crippen LogP contribution in [-0.4, -0.2) is 16.7 Å². The van der Waals surface area contributed by atoms with Crippen LogP contribution in [0.2, 0.25) is 0 Å². The van der Waals surface area contributed by atoms with Gasteiger partial charge in [-0.15, -0.1) is 0 Å². The van der Waals surface area contributed by atoms with Crippen molar-refractivity contribution < 1.29 is 14.6 Å². The van der Waals surface area contributed by atoms with Gasteiger partial charge >= 0.3 is 5.97 Å². The highest BCUT2D eigenvalue weighted by Crippen LogP contribution is 2.34. The third-order valence-corrected chi connectivity index (χ3v) is 3.16. The first-order chi connectivity index (χ1) is 7.27. The SMILES string of the molecule is CC(C)(Oc1ccccc1)C(C)(C)C(=O)O. The third-order valence-electron chi connectivity index (χ3n) is 3.16. The van der Waals surface area contributed by atoms with Crippen LogP contribution < -0.4 is 4.74 Å². The van der Waals surface area contributed by atoms with E-state index in [1.54, 1.807) is 27.7 Å². The van der Waals surface area contributed by atoms with Gasteiger partial charge in [0.15, 0.2) is 0 Å². The van der Waals surface area contributed by atoms with Crippen molar-refractivity contribution in [3.63, 3.8) is 0 Å². The molecule has 0 atom stereocenters. The van der Waals surface area contributed by atoms with Crippen LogP contribution in [0.1, 0.15) is 27.7 Å². The van der Waals surface area contributed by atoms with Crippen molar-refractivity contribution in [2.24, 2.45) is 5.41 Å². The highest BCUT2D eigenvalue weighted by atomic mass is 16.5. The summed E-state index contributed by atoms with van der Waals surface area (Å²) in [6.45, 7) is 6.90. The van der Waals surface area contributed by atoms with Crippen molar-refractivity contribution in [1.82, 2.24) is 0 Å². The van der Waals surface area contributed by atoms with Gasteiger partial charge in [-0.1, -0.05) is 18.2 Å². The van der Waals surface area contributed by atoms with Gasteiger partial charge in [0, 0.05) is 0 Å². The molecular formula is C13H18O3. The van der Waals surface area contributed by atoms with Gasteiger partial charge in [-0.2, -0.15) is 0 Å². The number of hydrogen-bond acceptors (Lipinski definition) is 2. The van der Waals surface area contributed by atoms with Gasteiger partial charge in [0.05, 0.1) is 0 Å². The molecule has 3 nitrogen and oxygen atoms in total. The second-order valence-corrected chi connectivity index (χ2v) is 4.86. The molecule has 0 bridgehead atoms. The van der Waals surface area contributed by atoms with E-state index in [-0.39, 0.29) is 0 Å². The second-order valence-electron chi connectivity index (χ2n) is 4.86. The molecule has 0 fully saturated rings. The summed E-state index contributed by atoms with van der Waals surface area (Å²) in [5.41, 5.74) is -1.73. The molecule has 0 saturated heterocycles. The molecule has 0 saturated carbocycles. The van der Waals surface area contributed by atoms with Crippen LogP contribution in [0.25, 0.3) is 0 Å². The van der Waals surface area contributed by atoms with Gasteiger partial charge in [0.1, 0.15) is 16.8 Å². The van der Waals surface area contributed by atoms with Crippen LogP contribution in [0.15, 0.2) is 30.3 Å². The van der Waals surface area contributed by atoms with Gasteiger partial charge in [-0.05, 0) is 39.8 Å². The van der Waals surface area contributed by atoms with E-state index in [1.807, 2.05) is 30.3 Å². The van der Waals surface area contributed by atoms with Gasteiger partial charge < -0.3 is 9.84 Å². The lowest BCUT2D eigenvalue weighted by molar-refractivity contribution is -0.158. The lowest BCUT2D eigenvalue weighted by Gasteiger charge is -2.38. The first-order valence-corrected chi connectivity index (χ1v) is 5.25. The number of para-hydroxylation sites is 1. The van der Waals surface area contributed by atoms with Crippen LogP contribution in [0, 0.1) is 5.41 Å². The third kappa shape index (κ3) is 2.35. The van der Waals surface area contributed by atoms with Crippen molar-refractivity contribution in [2.45, 2.75) is 33.3 Å². The lowest BCUT2D eigenvalue weighted by Crippen LogP contribution is -2.49. The fourth-order valence-corrected chi connectivity index (χ4v) is 1.17. The fraction of sp³-hybridized carbons (Fsp3) is 0.462. The van der Waals surface area contributed by atoms with E-state index in [1.165, 1.54) is 0 Å². The Hall–Kier alpha value is -1.51. The first kappa shape index (κ1) is 12.6. The maximum atomic E-state index is 11.2. The van der Waals surface area contributed by atoms with E-state index >= 15 is 0 Å². The molecule has 88 valence electrons. The predicted octanol–water partition coefficient (Wildman–Crippen LogP) is 2.95. The van der Waals surface area contributed by atoms with Gasteiger partial charge in [0.2, 0.25) is 0 Å². The highest BCUT2D eigenvalue weighted by Gasteiger charge is 2.45. The Balaban J connectivity index is 2.92. The Morgan fingerprint density at radius 2 is 1.62 bits per heavy atom. The standard InChI is InChI=1S/C13H18O3/c1-12(2,11(14)15)13(3,4)16-10-8-6-5-7-9-10/h5-9H,1-4H3,(H,14,15). The summed E-state index contributed by atoms with van der Waals surface area (Å²) in [6, 6.07) is 9.25. The molecule has 0 spiro atoms. The Morgan fingerprint density at radius 1 is 1.12 bits per heavy atom. The molecule has 1 aromatic rings. The van der Waals surface area contributed by atoms with Crippen molar-refractivity contribution >= 4 is 5.97 Å². The molecule has 0 aliphatic heterocycles. The molecule has 1 rings (SSSR count). The lowest BCUT2D eigenvalue weighted by atomic mass is 9.77. The Labute approximate surface area is 96.1 Å². The topological polar surface area (TPSA) is 46.5 Å². The summed E-state index contributed by atoms with van der Waals surface area (Å²) >= 11 is 0. The zero-order valence-corrected chi connectivity index (χ0v) is 10.2. The number of carboxylic acid groups (broad SMARTS) is 1. The zero-order chi connectivity index (χ0) is 12.4. The summed E-state index contributed by atoms with van der Waals surface area (Å²) in [7, 11) is 0. The molecule has 0 amide bonds. The van der Waals surface area contributed by atoms with Crippen LogP contribution in [0.5, 0.6) is 5.75 Å². The van der Waals surface area contributed by atoms with Crippen molar-refractivity contribution in [1.29, 1.82) is 0 Å². The summed E-state index contributed by atoms with van der Waals surface area (Å²) in [5.74, 6) is -0.185. The Kier molecular flexibility index (Phi) is 3.27. The molecule has 1 N–H and O–H groups in total. The molecule has 16 heavy (non-hydrogen) atoms. The Morgan fingerprint density at radius 3 is 2.06 bits per heavy atom. The summed E-state index contributed by atoms with van der Waals surface area (Å²) in [5, 5.41) is 9.17. The van der Waals surface area contributed by atoms with Gasteiger partial charge in [0.25, 0.3) is 0 Å². The van der Waals surface area contributed by atoms with E-state index in [0.29, 0.717) is 5.75 Å². The minimum Gasteiger partial charge on any atom is -0.487 e. The van der Waals surface area contributed by atoms with Crippen molar-refractivity contribution in [2.75, 3.05) is 0 Å². The van der Waals surface area contributed by atoms with E-state index in [0.717, 1.165) is 0 Å². The van der Waals surface area contributed by atoms with Crippen LogP contribution >= 0.6 is 0 Å². The number of rotatable bonds is 4. The average molecular weight is 222 g/mol. The van der Waals surface area contributed by atoms with E-state index in [2.05, 4.69) is 0 Å². The summed E-state index contributed by atoms with van der Waals surface area (Å²) in [4.78, 5) is 11.2. The minimum absolute atomic E-state index is 0.682. The monoisotopic (exact) mass is 222 g/mol. The van der Waals surface area contributed by atoms with Crippen LogP contribution in [-0.2, 0) is 4.79 Å². The molecule has 1 aromatic carbocycles. The van der Waals surface area contributed by atoms with Gasteiger partial charge in [-0.25, -0.2) is 0 Å². The molecule has 0 aliphatic rings. The summed E-state index contributed by atoms with van der Waals surface area (Å²) in [6.07, 6.45) is 0. The van der Waals surface area contributed by atoms with Gasteiger partial charge in [-0.3, -0.25) is 4.79 Å². The zero-order valence-electron chi connectivity index (χ0n) is 10.2.